The summed E-state index contributed by atoms with van der Waals surface area (Å²) < 4.78 is 19.4. The van der Waals surface area contributed by atoms with E-state index in [0.29, 0.717) is 30.7 Å². The molecule has 0 aromatic carbocycles. The number of methoxy groups -OCH3 is 1. The number of aliphatic imine (C=N–C) groups is 1. The zero-order chi connectivity index (χ0) is 23.2. The molecule has 33 heavy (non-hydrogen) atoms. The van der Waals surface area contributed by atoms with E-state index >= 15 is 0 Å². The van der Waals surface area contributed by atoms with Crippen LogP contribution in [0.25, 0.3) is 0 Å². The molecule has 8 nitrogen and oxygen atoms in total. The summed E-state index contributed by atoms with van der Waals surface area (Å²) in [5.74, 6) is 2.31. The van der Waals surface area contributed by atoms with Gasteiger partial charge in [0.25, 0.3) is 0 Å². The van der Waals surface area contributed by atoms with Crippen LogP contribution in [-0.2, 0) is 9.53 Å². The Morgan fingerprint density at radius 2 is 2.03 bits per heavy atom. The van der Waals surface area contributed by atoms with Gasteiger partial charge in [-0.15, -0.1) is 0 Å². The van der Waals surface area contributed by atoms with Gasteiger partial charge in [-0.2, -0.15) is 0 Å². The van der Waals surface area contributed by atoms with Crippen LogP contribution < -0.4 is 26.6 Å². The van der Waals surface area contributed by atoms with Gasteiger partial charge in [-0.05, 0) is 76.2 Å². The maximum atomic E-state index is 13.9. The Hall–Kier alpha value is -1.45. The lowest BCUT2D eigenvalue weighted by Gasteiger charge is -2.43. The van der Waals surface area contributed by atoms with E-state index in [1.807, 2.05) is 0 Å². The van der Waals surface area contributed by atoms with Crippen molar-refractivity contribution in [1.82, 2.24) is 26.6 Å². The first kappa shape index (κ1) is 24.7. The van der Waals surface area contributed by atoms with Gasteiger partial charge >= 0.3 is 0 Å². The van der Waals surface area contributed by atoms with E-state index in [1.165, 1.54) is 0 Å². The minimum absolute atomic E-state index is 0.00568. The monoisotopic (exact) mass is 466 g/mol. The molecule has 1 saturated carbocycles. The standard InChI is InChI=1S/C24H43FN6O2/c1-15-21(3-4-22(25)31-15)17-9-16(13-30-24-27-7-8-28-24)10-18(11-17)23(32)29-14-19-12-20(33-2)5-6-26-19/h15-22,26,31H,3-14H2,1-2H3,(H,29,32)(H2,27,28,30). The number of alkyl halides is 1. The van der Waals surface area contributed by atoms with Crippen LogP contribution >= 0.6 is 0 Å². The summed E-state index contributed by atoms with van der Waals surface area (Å²) in [4.78, 5) is 17.7. The molecule has 5 N–H and O–H groups in total. The molecule has 1 aliphatic carbocycles. The maximum Gasteiger partial charge on any atom is 0.223 e. The zero-order valence-electron chi connectivity index (χ0n) is 20.2. The van der Waals surface area contributed by atoms with E-state index < -0.39 is 6.30 Å². The molecule has 3 heterocycles. The van der Waals surface area contributed by atoms with Gasteiger partial charge in [0.1, 0.15) is 0 Å². The number of amides is 1. The van der Waals surface area contributed by atoms with Crippen LogP contribution in [0.5, 0.6) is 0 Å². The van der Waals surface area contributed by atoms with Crippen LogP contribution in [-0.4, -0.2) is 76.2 Å². The van der Waals surface area contributed by atoms with Gasteiger partial charge in [0.15, 0.2) is 12.3 Å². The van der Waals surface area contributed by atoms with Crippen molar-refractivity contribution in [3.05, 3.63) is 0 Å². The van der Waals surface area contributed by atoms with Crippen LogP contribution in [0.2, 0.25) is 0 Å². The predicted molar refractivity (Wildman–Crippen MR) is 128 cm³/mol. The number of nitrogens with zero attached hydrogens (tertiary/aromatic N) is 1. The van der Waals surface area contributed by atoms with E-state index in [4.69, 9.17) is 4.74 Å². The summed E-state index contributed by atoms with van der Waals surface area (Å²) in [5.41, 5.74) is 0. The smallest absolute Gasteiger partial charge is 0.223 e. The van der Waals surface area contributed by atoms with Gasteiger partial charge in [0.05, 0.1) is 12.6 Å². The topological polar surface area (TPSA) is 98.8 Å². The van der Waals surface area contributed by atoms with Crippen molar-refractivity contribution in [2.75, 3.05) is 39.8 Å². The summed E-state index contributed by atoms with van der Waals surface area (Å²) >= 11 is 0. The van der Waals surface area contributed by atoms with E-state index in [0.717, 1.165) is 70.7 Å². The highest BCUT2D eigenvalue weighted by atomic mass is 19.1. The average molecular weight is 467 g/mol. The van der Waals surface area contributed by atoms with Gasteiger partial charge in [-0.3, -0.25) is 15.1 Å². The van der Waals surface area contributed by atoms with Crippen molar-refractivity contribution in [3.8, 4) is 0 Å². The Morgan fingerprint density at radius 3 is 2.79 bits per heavy atom. The van der Waals surface area contributed by atoms with E-state index in [-0.39, 0.29) is 30.0 Å². The third kappa shape index (κ3) is 6.79. The number of carbonyl (C=O) groups is 1. The molecule has 8 atom stereocenters. The number of rotatable bonds is 7. The summed E-state index contributed by atoms with van der Waals surface area (Å²) in [6.45, 7) is 6.20. The van der Waals surface area contributed by atoms with Gasteiger partial charge in [0.2, 0.25) is 5.91 Å². The molecule has 0 radical (unpaired) electrons. The van der Waals surface area contributed by atoms with Crippen molar-refractivity contribution >= 4 is 11.9 Å². The molecule has 0 spiro atoms. The number of ether oxygens (including phenoxy) is 1. The summed E-state index contributed by atoms with van der Waals surface area (Å²) in [7, 11) is 1.76. The molecule has 3 aliphatic heterocycles. The average Bonchev–Trinajstić information content (AvgIpc) is 3.35. The molecule has 0 aromatic rings. The lowest BCUT2D eigenvalue weighted by Crippen LogP contribution is -2.51. The number of guanidine groups is 1. The third-order valence-electron chi connectivity index (χ3n) is 8.19. The van der Waals surface area contributed by atoms with E-state index in [9.17, 15) is 9.18 Å². The van der Waals surface area contributed by atoms with Crippen molar-refractivity contribution in [1.29, 1.82) is 0 Å². The largest absolute Gasteiger partial charge is 0.381 e. The summed E-state index contributed by atoms with van der Waals surface area (Å²) in [6, 6.07) is 0.410. The number of nitrogens with one attached hydrogen (secondary N) is 5. The lowest BCUT2D eigenvalue weighted by atomic mass is 9.66. The van der Waals surface area contributed by atoms with Gasteiger partial charge in [-0.25, -0.2) is 4.39 Å². The van der Waals surface area contributed by atoms with Crippen molar-refractivity contribution in [2.45, 2.75) is 76.4 Å². The number of hydrogen-bond donors (Lipinski definition) is 5. The molecular weight excluding hydrogens is 423 g/mol. The maximum absolute atomic E-state index is 13.9. The molecule has 0 bridgehead atoms. The highest BCUT2D eigenvalue weighted by Gasteiger charge is 2.40. The molecule has 9 heteroatoms. The number of halogens is 1. The number of hydrogen-bond acceptors (Lipinski definition) is 7. The highest BCUT2D eigenvalue weighted by molar-refractivity contribution is 5.81. The Labute approximate surface area is 197 Å². The minimum Gasteiger partial charge on any atom is -0.381 e. The molecule has 1 amide bonds. The fourth-order valence-electron chi connectivity index (χ4n) is 6.40. The second kappa shape index (κ2) is 11.8. The Kier molecular flexibility index (Phi) is 8.82. The zero-order valence-corrected chi connectivity index (χ0v) is 20.2. The number of piperidine rings is 2. The Bertz CT molecular complexity index is 679. The first-order chi connectivity index (χ1) is 16.0. The molecule has 0 aromatic heterocycles. The van der Waals surface area contributed by atoms with Gasteiger partial charge < -0.3 is 26.0 Å². The predicted octanol–water partition coefficient (Wildman–Crippen LogP) is 1.13. The van der Waals surface area contributed by atoms with Crippen LogP contribution in [0.4, 0.5) is 4.39 Å². The van der Waals surface area contributed by atoms with Crippen LogP contribution in [0.1, 0.15) is 51.9 Å². The second-order valence-electron chi connectivity index (χ2n) is 10.5. The minimum atomic E-state index is -0.901. The van der Waals surface area contributed by atoms with Crippen molar-refractivity contribution < 1.29 is 13.9 Å². The number of carbonyl (C=O) groups excluding carboxylic acids is 1. The van der Waals surface area contributed by atoms with Gasteiger partial charge in [-0.1, -0.05) is 0 Å². The van der Waals surface area contributed by atoms with Gasteiger partial charge in [0, 0.05) is 44.7 Å². The van der Waals surface area contributed by atoms with Crippen molar-refractivity contribution in [3.63, 3.8) is 0 Å². The Morgan fingerprint density at radius 1 is 1.15 bits per heavy atom. The molecule has 3 fully saturated rings. The SMILES string of the molecule is COC1CCNC(CNC(=O)C2CC(CNC3=NCCN3)CC(C3CCC(F)NC3C)C2)C1. The van der Waals surface area contributed by atoms with Crippen LogP contribution in [0, 0.1) is 23.7 Å². The fourth-order valence-corrected chi connectivity index (χ4v) is 6.40. The quantitative estimate of drug-likeness (QED) is 0.361. The fraction of sp³-hybridized carbons (Fsp3) is 0.917. The highest BCUT2D eigenvalue weighted by Crippen LogP contribution is 2.41. The molecule has 4 rings (SSSR count). The first-order valence-corrected chi connectivity index (χ1v) is 13.0. The molecular formula is C24H43FN6O2. The van der Waals surface area contributed by atoms with Crippen LogP contribution in [0.15, 0.2) is 4.99 Å². The Balaban J connectivity index is 1.35. The molecule has 4 aliphatic rings. The first-order valence-electron chi connectivity index (χ1n) is 13.0. The third-order valence-corrected chi connectivity index (χ3v) is 8.19. The molecule has 188 valence electrons. The van der Waals surface area contributed by atoms with E-state index in [1.54, 1.807) is 7.11 Å². The lowest BCUT2D eigenvalue weighted by molar-refractivity contribution is -0.127. The van der Waals surface area contributed by atoms with Crippen LogP contribution in [0.3, 0.4) is 0 Å². The summed E-state index contributed by atoms with van der Waals surface area (Å²) in [6.07, 6.45) is 5.66. The van der Waals surface area contributed by atoms with Crippen molar-refractivity contribution in [2.24, 2.45) is 28.7 Å². The normalized spacial score (nSPS) is 39.4. The molecule has 8 unspecified atom stereocenters. The van der Waals surface area contributed by atoms with E-state index in [2.05, 4.69) is 38.5 Å². The second-order valence-corrected chi connectivity index (χ2v) is 10.5. The molecule has 2 saturated heterocycles. The summed E-state index contributed by atoms with van der Waals surface area (Å²) in [5, 5.41) is 16.6.